The van der Waals surface area contributed by atoms with Gasteiger partial charge in [0.05, 0.1) is 24.5 Å². The fraction of sp³-hybridized carbons (Fsp3) is 0.318. The largest absolute Gasteiger partial charge is 0.491 e. The van der Waals surface area contributed by atoms with Crippen LogP contribution in [0, 0.1) is 0 Å². The van der Waals surface area contributed by atoms with Crippen LogP contribution in [0.15, 0.2) is 60.7 Å². The van der Waals surface area contributed by atoms with Crippen LogP contribution in [-0.4, -0.2) is 25.7 Å². The van der Waals surface area contributed by atoms with Gasteiger partial charge in [0.1, 0.15) is 18.1 Å². The van der Waals surface area contributed by atoms with Gasteiger partial charge in [-0.25, -0.2) is 0 Å². The summed E-state index contributed by atoms with van der Waals surface area (Å²) in [7, 11) is 0. The van der Waals surface area contributed by atoms with Crippen molar-refractivity contribution in [3.8, 4) is 11.5 Å². The fourth-order valence-corrected chi connectivity index (χ4v) is 2.33. The molecule has 27 heavy (non-hydrogen) atoms. The van der Waals surface area contributed by atoms with Crippen LogP contribution >= 0.6 is 0 Å². The number of benzene rings is 2. The topological polar surface area (TPSA) is 59.6 Å². The highest BCUT2D eigenvalue weighted by Gasteiger charge is 2.09. The number of carbonyl (C=O) groups is 1. The van der Waals surface area contributed by atoms with Gasteiger partial charge in [-0.2, -0.15) is 0 Å². The third-order valence-corrected chi connectivity index (χ3v) is 3.72. The van der Waals surface area contributed by atoms with E-state index in [0.29, 0.717) is 24.7 Å². The minimum Gasteiger partial charge on any atom is -0.491 e. The van der Waals surface area contributed by atoms with Crippen LogP contribution in [0.5, 0.6) is 11.5 Å². The molecule has 2 aromatic rings. The van der Waals surface area contributed by atoms with Crippen LogP contribution in [0.25, 0.3) is 0 Å². The summed E-state index contributed by atoms with van der Waals surface area (Å²) < 4.78 is 11.5. The lowest BCUT2D eigenvalue weighted by molar-refractivity contribution is -0.114. The molecule has 2 aromatic carbocycles. The van der Waals surface area contributed by atoms with Crippen molar-refractivity contribution in [2.24, 2.45) is 0 Å². The predicted octanol–water partition coefficient (Wildman–Crippen LogP) is 4.87. The molecule has 5 nitrogen and oxygen atoms in total. The average molecular weight is 368 g/mol. The van der Waals surface area contributed by atoms with Crippen LogP contribution < -0.4 is 20.1 Å². The molecule has 0 spiro atoms. The monoisotopic (exact) mass is 368 g/mol. The second-order valence-electron chi connectivity index (χ2n) is 6.34. The third kappa shape index (κ3) is 7.05. The number of anilines is 2. The Bertz CT molecular complexity index is 759. The Morgan fingerprint density at radius 1 is 1.00 bits per heavy atom. The van der Waals surface area contributed by atoms with Crippen molar-refractivity contribution < 1.29 is 14.3 Å². The molecule has 0 atom stereocenters. The van der Waals surface area contributed by atoms with Gasteiger partial charge in [-0.1, -0.05) is 44.2 Å². The van der Waals surface area contributed by atoms with E-state index in [9.17, 15) is 4.79 Å². The van der Waals surface area contributed by atoms with E-state index in [-0.39, 0.29) is 12.5 Å². The Balaban J connectivity index is 1.93. The highest BCUT2D eigenvalue weighted by Crippen LogP contribution is 2.25. The lowest BCUT2D eigenvalue weighted by atomic mass is 10.2. The molecule has 2 rings (SSSR count). The zero-order valence-corrected chi connectivity index (χ0v) is 16.1. The first kappa shape index (κ1) is 20.4. The predicted molar refractivity (Wildman–Crippen MR) is 111 cm³/mol. The molecule has 0 aromatic heterocycles. The second kappa shape index (κ2) is 10.9. The molecule has 0 heterocycles. The van der Waals surface area contributed by atoms with Gasteiger partial charge in [-0.15, -0.1) is 0 Å². The van der Waals surface area contributed by atoms with E-state index in [0.717, 1.165) is 29.9 Å². The average Bonchev–Trinajstić information content (AvgIpc) is 2.66. The highest BCUT2D eigenvalue weighted by molar-refractivity contribution is 5.95. The van der Waals surface area contributed by atoms with Gasteiger partial charge < -0.3 is 20.1 Å². The van der Waals surface area contributed by atoms with Crippen LogP contribution in [0.3, 0.4) is 0 Å². The molecule has 2 N–H and O–H groups in total. The molecule has 0 saturated heterocycles. The molecular formula is C22H28N2O3. The van der Waals surface area contributed by atoms with Crippen molar-refractivity contribution in [3.05, 3.63) is 60.7 Å². The van der Waals surface area contributed by atoms with Crippen LogP contribution in [0.1, 0.15) is 26.7 Å². The first-order chi connectivity index (χ1) is 13.1. The molecule has 0 unspecified atom stereocenters. The van der Waals surface area contributed by atoms with E-state index < -0.39 is 0 Å². The Morgan fingerprint density at radius 3 is 2.30 bits per heavy atom. The summed E-state index contributed by atoms with van der Waals surface area (Å²) in [5, 5.41) is 6.02. The molecule has 0 aliphatic heterocycles. The van der Waals surface area contributed by atoms with Crippen LogP contribution in [0.4, 0.5) is 11.4 Å². The zero-order chi connectivity index (χ0) is 19.5. The van der Waals surface area contributed by atoms with Crippen molar-refractivity contribution >= 4 is 17.3 Å². The van der Waals surface area contributed by atoms with Crippen LogP contribution in [-0.2, 0) is 4.79 Å². The third-order valence-electron chi connectivity index (χ3n) is 3.72. The number of ether oxygens (including phenoxy) is 2. The van der Waals surface area contributed by atoms with Gasteiger partial charge in [0.15, 0.2) is 0 Å². The Morgan fingerprint density at radius 2 is 1.63 bits per heavy atom. The molecule has 1 amide bonds. The number of para-hydroxylation sites is 4. The van der Waals surface area contributed by atoms with E-state index in [1.807, 2.05) is 55.5 Å². The number of amides is 1. The first-order valence-electron chi connectivity index (χ1n) is 9.22. The summed E-state index contributed by atoms with van der Waals surface area (Å²) in [6.45, 7) is 9.04. The molecule has 0 bridgehead atoms. The standard InChI is InChI=1S/C22H28N2O3/c1-4-5-14-26-20-12-8-6-10-18(20)23-15-22(25)24-19-11-7-9-13-21(19)27-16-17(2)3/h6-13,23H,2,4-5,14-16H2,1,3H3,(H,24,25). The summed E-state index contributed by atoms with van der Waals surface area (Å²) in [6.07, 6.45) is 2.07. The van der Waals surface area contributed by atoms with Gasteiger partial charge in [0.25, 0.3) is 0 Å². The number of carbonyl (C=O) groups excluding carboxylic acids is 1. The van der Waals surface area contributed by atoms with Gasteiger partial charge in [0, 0.05) is 0 Å². The number of rotatable bonds is 11. The van der Waals surface area contributed by atoms with Gasteiger partial charge in [0.2, 0.25) is 5.91 Å². The molecule has 144 valence electrons. The molecular weight excluding hydrogens is 340 g/mol. The lowest BCUT2D eigenvalue weighted by Crippen LogP contribution is -2.22. The second-order valence-corrected chi connectivity index (χ2v) is 6.34. The Kier molecular flexibility index (Phi) is 8.23. The van der Waals surface area contributed by atoms with Crippen molar-refractivity contribution in [2.45, 2.75) is 26.7 Å². The minimum absolute atomic E-state index is 0.128. The maximum Gasteiger partial charge on any atom is 0.243 e. The minimum atomic E-state index is -0.162. The summed E-state index contributed by atoms with van der Waals surface area (Å²) in [5.41, 5.74) is 2.35. The van der Waals surface area contributed by atoms with Crippen molar-refractivity contribution in [1.82, 2.24) is 0 Å². The van der Waals surface area contributed by atoms with Gasteiger partial charge in [-0.3, -0.25) is 4.79 Å². The summed E-state index contributed by atoms with van der Waals surface area (Å²) >= 11 is 0. The van der Waals surface area contributed by atoms with E-state index in [1.165, 1.54) is 0 Å². The van der Waals surface area contributed by atoms with Crippen molar-refractivity contribution in [3.63, 3.8) is 0 Å². The summed E-state index contributed by atoms with van der Waals surface area (Å²) in [5.74, 6) is 1.21. The Labute approximate surface area is 161 Å². The van der Waals surface area contributed by atoms with E-state index in [4.69, 9.17) is 9.47 Å². The van der Waals surface area contributed by atoms with E-state index >= 15 is 0 Å². The van der Waals surface area contributed by atoms with E-state index in [1.54, 1.807) is 0 Å². The molecule has 5 heteroatoms. The smallest absolute Gasteiger partial charge is 0.243 e. The number of hydrogen-bond donors (Lipinski definition) is 2. The fourth-order valence-electron chi connectivity index (χ4n) is 2.33. The van der Waals surface area contributed by atoms with E-state index in [2.05, 4.69) is 24.1 Å². The van der Waals surface area contributed by atoms with Crippen molar-refractivity contribution in [1.29, 1.82) is 0 Å². The highest BCUT2D eigenvalue weighted by atomic mass is 16.5. The first-order valence-corrected chi connectivity index (χ1v) is 9.22. The molecule has 0 aliphatic rings. The molecule has 0 fully saturated rings. The quantitative estimate of drug-likeness (QED) is 0.439. The van der Waals surface area contributed by atoms with Crippen molar-refractivity contribution in [2.75, 3.05) is 30.4 Å². The zero-order valence-electron chi connectivity index (χ0n) is 16.1. The molecule has 0 radical (unpaired) electrons. The maximum absolute atomic E-state index is 12.4. The Hall–Kier alpha value is -2.95. The normalized spacial score (nSPS) is 10.1. The van der Waals surface area contributed by atoms with Crippen LogP contribution in [0.2, 0.25) is 0 Å². The molecule has 0 saturated carbocycles. The molecule has 0 aliphatic carbocycles. The SMILES string of the molecule is C=C(C)COc1ccccc1NC(=O)CNc1ccccc1OCCCC. The van der Waals surface area contributed by atoms with Gasteiger partial charge in [-0.05, 0) is 43.2 Å². The lowest BCUT2D eigenvalue weighted by Gasteiger charge is -2.14. The number of nitrogens with one attached hydrogen (secondary N) is 2. The maximum atomic E-state index is 12.4. The van der Waals surface area contributed by atoms with Gasteiger partial charge >= 0.3 is 0 Å². The number of hydrogen-bond acceptors (Lipinski definition) is 4. The summed E-state index contributed by atoms with van der Waals surface area (Å²) in [6, 6.07) is 15.0. The number of unbranched alkanes of at least 4 members (excludes halogenated alkanes) is 1. The summed E-state index contributed by atoms with van der Waals surface area (Å²) in [4.78, 5) is 12.4.